The fourth-order valence-corrected chi connectivity index (χ4v) is 6.49. The lowest BCUT2D eigenvalue weighted by Crippen LogP contribution is -2.60. The summed E-state index contributed by atoms with van der Waals surface area (Å²) in [7, 11) is 0. The van der Waals surface area contributed by atoms with Gasteiger partial charge in [0.25, 0.3) is 0 Å². The van der Waals surface area contributed by atoms with Gasteiger partial charge in [-0.2, -0.15) is 0 Å². The van der Waals surface area contributed by atoms with Gasteiger partial charge in [0, 0.05) is 26.2 Å². The van der Waals surface area contributed by atoms with Crippen molar-refractivity contribution in [1.29, 1.82) is 0 Å². The van der Waals surface area contributed by atoms with Crippen molar-refractivity contribution < 1.29 is 48.9 Å². The average Bonchev–Trinajstić information content (AvgIpc) is 3.86. The molecule has 12 N–H and O–H groups in total. The first kappa shape index (κ1) is 39.9. The largest absolute Gasteiger partial charge is 0.480 e. The Morgan fingerprint density at radius 3 is 1.92 bits per heavy atom. The van der Waals surface area contributed by atoms with Gasteiger partial charge in [-0.25, -0.2) is 0 Å². The Kier molecular flexibility index (Phi) is 14.7. The third-order valence-electron chi connectivity index (χ3n) is 9.06. The first-order chi connectivity index (χ1) is 23.7. The Balaban J connectivity index is 1.66. The van der Waals surface area contributed by atoms with Crippen molar-refractivity contribution in [2.45, 2.75) is 101 Å². The van der Waals surface area contributed by atoms with E-state index in [9.17, 15) is 43.8 Å². The van der Waals surface area contributed by atoms with E-state index in [0.717, 1.165) is 0 Å². The van der Waals surface area contributed by atoms with E-state index in [1.54, 1.807) is 0 Å². The molecule has 3 fully saturated rings. The van der Waals surface area contributed by atoms with E-state index in [2.05, 4.69) is 20.9 Å². The highest BCUT2D eigenvalue weighted by atomic mass is 16.4. The molecule has 20 heteroatoms. The number of hydrogen-bond donors (Lipinski definition) is 9. The Morgan fingerprint density at radius 2 is 1.38 bits per heavy atom. The molecule has 0 saturated carbocycles. The second kappa shape index (κ2) is 18.4. The second-order valence-corrected chi connectivity index (χ2v) is 12.7. The molecule has 0 radical (unpaired) electrons. The molecule has 0 aromatic rings. The van der Waals surface area contributed by atoms with E-state index in [4.69, 9.17) is 22.3 Å². The molecule has 0 aromatic carbocycles. The highest BCUT2D eigenvalue weighted by Gasteiger charge is 2.47. The summed E-state index contributed by atoms with van der Waals surface area (Å²) in [6, 6.07) is -6.67. The van der Waals surface area contributed by atoms with Gasteiger partial charge in [-0.15, -0.1) is 0 Å². The van der Waals surface area contributed by atoms with Gasteiger partial charge in [0.15, 0.2) is 5.96 Å². The summed E-state index contributed by atoms with van der Waals surface area (Å²) in [4.78, 5) is 98.4. The molecule has 3 heterocycles. The van der Waals surface area contributed by atoms with E-state index in [0.29, 0.717) is 38.5 Å². The van der Waals surface area contributed by atoms with Crippen LogP contribution in [0.1, 0.15) is 58.3 Å². The molecule has 3 aliphatic rings. The number of likely N-dealkylation sites (tertiary alicyclic amines) is 3. The number of nitrogens with two attached hydrogens (primary N) is 3. The maximum Gasteiger partial charge on any atom is 0.322 e. The maximum atomic E-state index is 14.0. The minimum Gasteiger partial charge on any atom is -0.480 e. The zero-order valence-electron chi connectivity index (χ0n) is 28.2. The third-order valence-corrected chi connectivity index (χ3v) is 9.06. The number of aliphatic hydroxyl groups excluding tert-OH is 2. The van der Waals surface area contributed by atoms with Gasteiger partial charge in [0.2, 0.25) is 35.4 Å². The van der Waals surface area contributed by atoms with Crippen LogP contribution in [0, 0.1) is 0 Å². The number of aliphatic carboxylic acids is 1. The van der Waals surface area contributed by atoms with Gasteiger partial charge in [0.1, 0.15) is 36.8 Å². The van der Waals surface area contributed by atoms with Crippen LogP contribution in [-0.4, -0.2) is 159 Å². The Hall–Kier alpha value is -4.56. The minimum atomic E-state index is -1.43. The number of nitrogens with zero attached hydrogens (tertiary/aromatic N) is 4. The van der Waals surface area contributed by atoms with Crippen molar-refractivity contribution >= 4 is 47.4 Å². The number of carbonyl (C=O) groups excluding carboxylic acids is 6. The van der Waals surface area contributed by atoms with Crippen LogP contribution in [0.2, 0.25) is 0 Å². The quantitative estimate of drug-likeness (QED) is 0.0412. The fourth-order valence-electron chi connectivity index (χ4n) is 6.49. The van der Waals surface area contributed by atoms with Crippen LogP contribution in [0.15, 0.2) is 4.99 Å². The number of carboxylic acid groups (broad SMARTS) is 1. The van der Waals surface area contributed by atoms with Crippen molar-refractivity contribution in [3.63, 3.8) is 0 Å². The number of guanidine groups is 1. The molecular formula is C30H50N10O10. The number of aliphatic hydroxyl groups is 2. The number of nitrogens with one attached hydrogen (secondary N) is 3. The number of amides is 6. The minimum absolute atomic E-state index is 0.0957. The molecule has 3 aliphatic heterocycles. The lowest BCUT2D eigenvalue weighted by atomic mass is 10.1. The molecule has 7 unspecified atom stereocenters. The SMILES string of the molecule is CC(O)C(NC(=O)C(N)CCCN=C(N)N)C(=O)N1CCCC1C(=O)N1CCCC1C(=O)N1CCCC1C(=O)NC(CO)C(=O)NCC(=O)O. The van der Waals surface area contributed by atoms with E-state index in [1.807, 2.05) is 0 Å². The first-order valence-electron chi connectivity index (χ1n) is 16.8. The molecule has 3 rings (SSSR count). The standard InChI is InChI=1S/C30H50N10O10/c1-16(42)23(37-24(45)17(31)6-2-10-34-30(32)33)29(50)40-13-5-9-21(40)28(49)39-12-4-8-20(39)27(48)38-11-3-7-19(38)26(47)36-18(15-41)25(46)35-14-22(43)44/h16-21,23,41-42H,2-15,31H2,1H3,(H,35,46)(H,36,47)(H,37,45)(H,43,44)(H4,32,33,34). The Labute approximate surface area is 289 Å². The van der Waals surface area contributed by atoms with Crippen LogP contribution < -0.4 is 33.2 Å². The number of rotatable bonds is 16. The zero-order chi connectivity index (χ0) is 37.1. The van der Waals surface area contributed by atoms with E-state index in [1.165, 1.54) is 21.6 Å². The molecule has 20 nitrogen and oxygen atoms in total. The Bertz CT molecular complexity index is 1310. The van der Waals surface area contributed by atoms with Gasteiger partial charge in [-0.1, -0.05) is 0 Å². The summed E-state index contributed by atoms with van der Waals surface area (Å²) >= 11 is 0. The van der Waals surface area contributed by atoms with Gasteiger partial charge in [-0.3, -0.25) is 38.6 Å². The molecule has 0 aliphatic carbocycles. The first-order valence-corrected chi connectivity index (χ1v) is 16.8. The van der Waals surface area contributed by atoms with Gasteiger partial charge in [0.05, 0.1) is 18.8 Å². The van der Waals surface area contributed by atoms with Crippen molar-refractivity contribution in [1.82, 2.24) is 30.7 Å². The molecule has 3 saturated heterocycles. The molecule has 6 amide bonds. The Morgan fingerprint density at radius 1 is 0.840 bits per heavy atom. The van der Waals surface area contributed by atoms with Gasteiger partial charge < -0.3 is 63.2 Å². The highest BCUT2D eigenvalue weighted by Crippen LogP contribution is 2.29. The van der Waals surface area contributed by atoms with E-state index < -0.39 is 96.9 Å². The van der Waals surface area contributed by atoms with Crippen molar-refractivity contribution in [2.24, 2.45) is 22.2 Å². The lowest BCUT2D eigenvalue weighted by molar-refractivity contribution is -0.152. The fraction of sp³-hybridized carbons (Fsp3) is 0.733. The number of aliphatic imine (C=N–C) groups is 1. The highest BCUT2D eigenvalue weighted by molar-refractivity contribution is 5.97. The second-order valence-electron chi connectivity index (χ2n) is 12.7. The van der Waals surface area contributed by atoms with Gasteiger partial charge in [-0.05, 0) is 58.3 Å². The lowest BCUT2D eigenvalue weighted by Gasteiger charge is -2.35. The molecular weight excluding hydrogens is 660 g/mol. The molecule has 50 heavy (non-hydrogen) atoms. The van der Waals surface area contributed by atoms with Crippen molar-refractivity contribution in [3.05, 3.63) is 0 Å². The van der Waals surface area contributed by atoms with Crippen LogP contribution in [0.25, 0.3) is 0 Å². The molecule has 0 spiro atoms. The maximum absolute atomic E-state index is 14.0. The number of hydrogen-bond acceptors (Lipinski definition) is 11. The summed E-state index contributed by atoms with van der Waals surface area (Å²) < 4.78 is 0. The van der Waals surface area contributed by atoms with Crippen LogP contribution in [0.4, 0.5) is 0 Å². The van der Waals surface area contributed by atoms with Crippen molar-refractivity contribution in [3.8, 4) is 0 Å². The topological polar surface area (TPSA) is 316 Å². The predicted molar refractivity (Wildman–Crippen MR) is 175 cm³/mol. The van der Waals surface area contributed by atoms with E-state index in [-0.39, 0.29) is 45.0 Å². The summed E-state index contributed by atoms with van der Waals surface area (Å²) in [5.41, 5.74) is 16.6. The summed E-state index contributed by atoms with van der Waals surface area (Å²) in [5, 5.41) is 35.8. The molecule has 7 atom stereocenters. The number of carbonyl (C=O) groups is 7. The van der Waals surface area contributed by atoms with E-state index >= 15 is 0 Å². The zero-order valence-corrected chi connectivity index (χ0v) is 28.2. The molecule has 0 bridgehead atoms. The van der Waals surface area contributed by atoms with Crippen LogP contribution in [0.3, 0.4) is 0 Å². The van der Waals surface area contributed by atoms with Gasteiger partial charge >= 0.3 is 5.97 Å². The average molecular weight is 711 g/mol. The van der Waals surface area contributed by atoms with Crippen molar-refractivity contribution in [2.75, 3.05) is 39.3 Å². The van der Waals surface area contributed by atoms with Crippen LogP contribution in [-0.2, 0) is 33.6 Å². The summed E-state index contributed by atoms with van der Waals surface area (Å²) in [5.74, 6) is -5.28. The summed E-state index contributed by atoms with van der Waals surface area (Å²) in [6.45, 7) is 0.719. The molecule has 0 aromatic heterocycles. The third kappa shape index (κ3) is 10.2. The normalized spacial score (nSPS) is 22.6. The summed E-state index contributed by atoms with van der Waals surface area (Å²) in [6.07, 6.45) is 1.62. The monoisotopic (exact) mass is 710 g/mol. The van der Waals surface area contributed by atoms with Crippen LogP contribution in [0.5, 0.6) is 0 Å². The smallest absolute Gasteiger partial charge is 0.322 e. The molecule has 280 valence electrons. The van der Waals surface area contributed by atoms with Crippen LogP contribution >= 0.6 is 0 Å². The number of carboxylic acids is 1. The predicted octanol–water partition coefficient (Wildman–Crippen LogP) is -5.12.